The van der Waals surface area contributed by atoms with Gasteiger partial charge in [-0.25, -0.2) is 0 Å². The summed E-state index contributed by atoms with van der Waals surface area (Å²) < 4.78 is 5.61. The lowest BCUT2D eigenvalue weighted by Crippen LogP contribution is -2.31. The Morgan fingerprint density at radius 1 is 1.10 bits per heavy atom. The summed E-state index contributed by atoms with van der Waals surface area (Å²) in [5.74, 6) is 1.15. The van der Waals surface area contributed by atoms with Crippen LogP contribution in [0.4, 0.5) is 5.95 Å². The summed E-state index contributed by atoms with van der Waals surface area (Å²) in [6.45, 7) is 3.79. The Hall–Kier alpha value is -1.95. The molecule has 3 rings (SSSR count). The van der Waals surface area contributed by atoms with E-state index in [9.17, 15) is 0 Å². The number of hydrogen-bond donors (Lipinski definition) is 0. The first-order valence-electron chi connectivity index (χ1n) is 6.98. The summed E-state index contributed by atoms with van der Waals surface area (Å²) >= 11 is 5.98. The molecule has 3 heterocycles. The molecule has 0 aliphatic carbocycles. The Labute approximate surface area is 128 Å². The van der Waals surface area contributed by atoms with Gasteiger partial charge < -0.3 is 9.64 Å². The van der Waals surface area contributed by atoms with E-state index in [2.05, 4.69) is 24.8 Å². The lowest BCUT2D eigenvalue weighted by Gasteiger charge is -2.26. The minimum atomic E-state index is 0.139. The zero-order valence-corrected chi connectivity index (χ0v) is 12.5. The molecule has 2 aromatic heterocycles. The summed E-state index contributed by atoms with van der Waals surface area (Å²) in [7, 11) is 0. The number of hydrogen-bond acceptors (Lipinski definition) is 6. The standard InChI is InChI=1S/C14H16ClN5O/c1-10-5-6-11(9-16-10)21-14-18-12(15)17-13(19-14)20-7-3-2-4-8-20/h5-6,9H,2-4,7-8H2,1H3. The fourth-order valence-corrected chi connectivity index (χ4v) is 2.37. The number of piperidine rings is 1. The highest BCUT2D eigenvalue weighted by Gasteiger charge is 2.16. The molecule has 110 valence electrons. The van der Waals surface area contributed by atoms with E-state index >= 15 is 0 Å². The van der Waals surface area contributed by atoms with Gasteiger partial charge in [0.05, 0.1) is 6.20 Å². The monoisotopic (exact) mass is 305 g/mol. The molecule has 0 amide bonds. The van der Waals surface area contributed by atoms with Crippen molar-refractivity contribution in [2.24, 2.45) is 0 Å². The van der Waals surface area contributed by atoms with Gasteiger partial charge in [0.2, 0.25) is 11.2 Å². The molecule has 21 heavy (non-hydrogen) atoms. The maximum atomic E-state index is 5.98. The Morgan fingerprint density at radius 2 is 1.90 bits per heavy atom. The van der Waals surface area contributed by atoms with Gasteiger partial charge in [-0.15, -0.1) is 0 Å². The summed E-state index contributed by atoms with van der Waals surface area (Å²) in [5, 5.41) is 0.139. The molecule has 1 aliphatic rings. The minimum absolute atomic E-state index is 0.139. The lowest BCUT2D eigenvalue weighted by atomic mass is 10.1. The van der Waals surface area contributed by atoms with Crippen molar-refractivity contribution in [3.05, 3.63) is 29.3 Å². The number of pyridine rings is 1. The second-order valence-electron chi connectivity index (χ2n) is 4.97. The molecule has 0 spiro atoms. The van der Waals surface area contributed by atoms with Gasteiger partial charge in [0.25, 0.3) is 0 Å². The molecule has 1 saturated heterocycles. The van der Waals surface area contributed by atoms with E-state index in [4.69, 9.17) is 16.3 Å². The zero-order valence-electron chi connectivity index (χ0n) is 11.8. The average Bonchev–Trinajstić information content (AvgIpc) is 2.50. The Balaban J connectivity index is 1.81. The van der Waals surface area contributed by atoms with Crippen molar-refractivity contribution in [1.29, 1.82) is 0 Å². The molecule has 1 aliphatic heterocycles. The molecule has 0 unspecified atom stereocenters. The van der Waals surface area contributed by atoms with E-state index < -0.39 is 0 Å². The number of ether oxygens (including phenoxy) is 1. The van der Waals surface area contributed by atoms with Crippen LogP contribution in [0.2, 0.25) is 5.28 Å². The molecule has 0 bridgehead atoms. The minimum Gasteiger partial charge on any atom is -0.422 e. The third-order valence-electron chi connectivity index (χ3n) is 3.31. The molecule has 0 aromatic carbocycles. The smallest absolute Gasteiger partial charge is 0.328 e. The van der Waals surface area contributed by atoms with Crippen molar-refractivity contribution in [1.82, 2.24) is 19.9 Å². The third kappa shape index (κ3) is 3.58. The van der Waals surface area contributed by atoms with Crippen molar-refractivity contribution in [3.8, 4) is 11.8 Å². The maximum Gasteiger partial charge on any atom is 0.328 e. The molecule has 0 N–H and O–H groups in total. The van der Waals surface area contributed by atoms with Gasteiger partial charge in [-0.3, -0.25) is 4.98 Å². The van der Waals surface area contributed by atoms with Crippen molar-refractivity contribution in [2.45, 2.75) is 26.2 Å². The normalized spacial score (nSPS) is 15.0. The fraction of sp³-hybridized carbons (Fsp3) is 0.429. The quantitative estimate of drug-likeness (QED) is 0.868. The van der Waals surface area contributed by atoms with Crippen LogP contribution in [-0.2, 0) is 0 Å². The number of halogens is 1. The van der Waals surface area contributed by atoms with Gasteiger partial charge in [0.15, 0.2) is 0 Å². The van der Waals surface area contributed by atoms with Crippen LogP contribution in [0, 0.1) is 6.92 Å². The van der Waals surface area contributed by atoms with Crippen molar-refractivity contribution in [2.75, 3.05) is 18.0 Å². The highest BCUT2D eigenvalue weighted by Crippen LogP contribution is 2.22. The number of anilines is 1. The number of aryl methyl sites for hydroxylation is 1. The SMILES string of the molecule is Cc1ccc(Oc2nc(Cl)nc(N3CCCCC3)n2)cn1. The van der Waals surface area contributed by atoms with E-state index in [1.165, 1.54) is 6.42 Å². The second kappa shape index (κ2) is 6.22. The van der Waals surface area contributed by atoms with E-state index in [0.29, 0.717) is 11.7 Å². The van der Waals surface area contributed by atoms with E-state index in [1.54, 1.807) is 6.20 Å². The highest BCUT2D eigenvalue weighted by atomic mass is 35.5. The largest absolute Gasteiger partial charge is 0.422 e. The first-order chi connectivity index (χ1) is 10.2. The summed E-state index contributed by atoms with van der Waals surface area (Å²) in [4.78, 5) is 18.8. The van der Waals surface area contributed by atoms with Crippen LogP contribution in [-0.4, -0.2) is 33.0 Å². The molecule has 2 aromatic rings. The Kier molecular flexibility index (Phi) is 4.15. The first kappa shape index (κ1) is 14.0. The molecule has 7 heteroatoms. The maximum absolute atomic E-state index is 5.98. The number of rotatable bonds is 3. The lowest BCUT2D eigenvalue weighted by molar-refractivity contribution is 0.435. The second-order valence-corrected chi connectivity index (χ2v) is 5.31. The van der Waals surface area contributed by atoms with Gasteiger partial charge in [0, 0.05) is 18.8 Å². The van der Waals surface area contributed by atoms with Crippen molar-refractivity contribution < 1.29 is 4.74 Å². The van der Waals surface area contributed by atoms with Crippen LogP contribution >= 0.6 is 11.6 Å². The highest BCUT2D eigenvalue weighted by molar-refractivity contribution is 6.28. The van der Waals surface area contributed by atoms with E-state index in [-0.39, 0.29) is 11.3 Å². The van der Waals surface area contributed by atoms with Crippen LogP contribution in [0.1, 0.15) is 25.0 Å². The molecule has 6 nitrogen and oxygen atoms in total. The van der Waals surface area contributed by atoms with Crippen LogP contribution in [0.5, 0.6) is 11.8 Å². The zero-order chi connectivity index (χ0) is 14.7. The number of nitrogens with zero attached hydrogens (tertiary/aromatic N) is 5. The Bertz CT molecular complexity index is 613. The molecule has 1 fully saturated rings. The topological polar surface area (TPSA) is 64.0 Å². The third-order valence-corrected chi connectivity index (χ3v) is 3.48. The van der Waals surface area contributed by atoms with Crippen LogP contribution in [0.15, 0.2) is 18.3 Å². The summed E-state index contributed by atoms with van der Waals surface area (Å²) in [6.07, 6.45) is 5.16. The summed E-state index contributed by atoms with van der Waals surface area (Å²) in [5.41, 5.74) is 0.921. The average molecular weight is 306 g/mol. The van der Waals surface area contributed by atoms with Crippen molar-refractivity contribution >= 4 is 17.5 Å². The fourth-order valence-electron chi connectivity index (χ4n) is 2.22. The summed E-state index contributed by atoms with van der Waals surface area (Å²) in [6, 6.07) is 3.88. The van der Waals surface area contributed by atoms with Gasteiger partial charge in [-0.05, 0) is 49.9 Å². The predicted molar refractivity (Wildman–Crippen MR) is 79.9 cm³/mol. The molecule has 0 radical (unpaired) electrons. The number of aromatic nitrogens is 4. The molecule has 0 saturated carbocycles. The predicted octanol–water partition coefficient (Wildman–Crippen LogP) is 3.01. The van der Waals surface area contributed by atoms with Gasteiger partial charge in [-0.2, -0.15) is 15.0 Å². The van der Waals surface area contributed by atoms with E-state index in [0.717, 1.165) is 31.6 Å². The van der Waals surface area contributed by atoms with Crippen LogP contribution < -0.4 is 9.64 Å². The van der Waals surface area contributed by atoms with Crippen LogP contribution in [0.3, 0.4) is 0 Å². The molecular formula is C14H16ClN5O. The Morgan fingerprint density at radius 3 is 2.62 bits per heavy atom. The molecule has 0 atom stereocenters. The van der Waals surface area contributed by atoms with Gasteiger partial charge >= 0.3 is 6.01 Å². The molecular weight excluding hydrogens is 290 g/mol. The van der Waals surface area contributed by atoms with Crippen LogP contribution in [0.25, 0.3) is 0 Å². The van der Waals surface area contributed by atoms with E-state index in [1.807, 2.05) is 19.1 Å². The van der Waals surface area contributed by atoms with Crippen molar-refractivity contribution in [3.63, 3.8) is 0 Å². The first-order valence-corrected chi connectivity index (χ1v) is 7.35. The van der Waals surface area contributed by atoms with Gasteiger partial charge in [0.1, 0.15) is 5.75 Å². The van der Waals surface area contributed by atoms with Gasteiger partial charge in [-0.1, -0.05) is 0 Å².